The molecule has 1 aliphatic heterocycles. The van der Waals surface area contributed by atoms with Crippen LogP contribution in [0.4, 0.5) is 4.79 Å². The van der Waals surface area contributed by atoms with Crippen LogP contribution in [-0.2, 0) is 11.3 Å². The number of thioether (sulfide) groups is 1. The van der Waals surface area contributed by atoms with Gasteiger partial charge in [-0.1, -0.05) is 30.3 Å². The van der Waals surface area contributed by atoms with Crippen LogP contribution in [0.25, 0.3) is 0 Å². The molecular weight excluding hydrogens is 274 g/mol. The lowest BCUT2D eigenvalue weighted by Gasteiger charge is -2.28. The molecule has 2 unspecified atom stereocenters. The second-order valence-corrected chi connectivity index (χ2v) is 6.01. The van der Waals surface area contributed by atoms with E-state index < -0.39 is 0 Å². The molecule has 0 radical (unpaired) electrons. The van der Waals surface area contributed by atoms with Crippen LogP contribution in [0.5, 0.6) is 0 Å². The largest absolute Gasteiger partial charge is 0.351 e. The standard InChI is InChI=1S/C14H19N3O2S/c1-10-7-13(17-14(19)16-10)20-9-12(18)15-8-11-5-3-2-4-6-11/h2-6,10,13H,7-9H2,1H3,(H,15,18)(H2,16,17,19). The molecule has 0 aromatic heterocycles. The van der Waals surface area contributed by atoms with E-state index in [1.54, 1.807) is 0 Å². The van der Waals surface area contributed by atoms with Gasteiger partial charge < -0.3 is 16.0 Å². The van der Waals surface area contributed by atoms with E-state index >= 15 is 0 Å². The first-order chi connectivity index (χ1) is 9.63. The first-order valence-electron chi connectivity index (χ1n) is 6.63. The number of carbonyl (C=O) groups excluding carboxylic acids is 2. The molecule has 2 rings (SSSR count). The van der Waals surface area contributed by atoms with Crippen molar-refractivity contribution in [2.75, 3.05) is 5.75 Å². The van der Waals surface area contributed by atoms with E-state index in [1.165, 1.54) is 11.8 Å². The van der Waals surface area contributed by atoms with E-state index in [0.717, 1.165) is 12.0 Å². The van der Waals surface area contributed by atoms with Gasteiger partial charge in [-0.3, -0.25) is 4.79 Å². The number of rotatable bonds is 5. The van der Waals surface area contributed by atoms with Crippen molar-refractivity contribution in [2.45, 2.75) is 31.3 Å². The molecule has 1 aromatic rings. The lowest BCUT2D eigenvalue weighted by molar-refractivity contribution is -0.118. The second-order valence-electron chi connectivity index (χ2n) is 4.82. The summed E-state index contributed by atoms with van der Waals surface area (Å²) in [7, 11) is 0. The summed E-state index contributed by atoms with van der Waals surface area (Å²) in [6.45, 7) is 2.50. The minimum absolute atomic E-state index is 0.00113. The summed E-state index contributed by atoms with van der Waals surface area (Å²) in [5, 5.41) is 8.46. The van der Waals surface area contributed by atoms with Gasteiger partial charge in [0.2, 0.25) is 5.91 Å². The molecule has 6 heteroatoms. The average molecular weight is 293 g/mol. The van der Waals surface area contributed by atoms with Crippen LogP contribution in [0.15, 0.2) is 30.3 Å². The van der Waals surface area contributed by atoms with Gasteiger partial charge in [0.15, 0.2) is 0 Å². The molecule has 1 fully saturated rings. The van der Waals surface area contributed by atoms with Crippen LogP contribution in [0.2, 0.25) is 0 Å². The maximum absolute atomic E-state index is 11.8. The third kappa shape index (κ3) is 4.77. The normalized spacial score (nSPS) is 21.8. The van der Waals surface area contributed by atoms with Gasteiger partial charge in [0.25, 0.3) is 0 Å². The number of hydrogen-bond donors (Lipinski definition) is 3. The summed E-state index contributed by atoms with van der Waals surface area (Å²) in [5.41, 5.74) is 1.08. The fourth-order valence-corrected chi connectivity index (χ4v) is 3.05. The van der Waals surface area contributed by atoms with Crippen LogP contribution >= 0.6 is 11.8 Å². The zero-order valence-electron chi connectivity index (χ0n) is 11.4. The molecule has 108 valence electrons. The van der Waals surface area contributed by atoms with Gasteiger partial charge >= 0.3 is 6.03 Å². The summed E-state index contributed by atoms with van der Waals surface area (Å²) in [6, 6.07) is 9.77. The smallest absolute Gasteiger partial charge is 0.315 e. The predicted octanol–water partition coefficient (Wildman–Crippen LogP) is 1.45. The summed E-state index contributed by atoms with van der Waals surface area (Å²) in [6.07, 6.45) is 0.822. The third-order valence-corrected chi connectivity index (χ3v) is 4.13. The van der Waals surface area contributed by atoms with Gasteiger partial charge in [0.05, 0.1) is 11.1 Å². The molecule has 2 atom stereocenters. The number of amides is 3. The first kappa shape index (κ1) is 14.7. The van der Waals surface area contributed by atoms with E-state index in [2.05, 4.69) is 16.0 Å². The molecule has 1 aromatic carbocycles. The molecule has 3 amide bonds. The molecule has 0 aliphatic carbocycles. The Labute approximate surface area is 122 Å². The van der Waals surface area contributed by atoms with Crippen LogP contribution in [0.3, 0.4) is 0 Å². The highest BCUT2D eigenvalue weighted by Crippen LogP contribution is 2.16. The molecule has 20 heavy (non-hydrogen) atoms. The Morgan fingerprint density at radius 1 is 1.35 bits per heavy atom. The predicted molar refractivity (Wildman–Crippen MR) is 80.3 cm³/mol. The molecule has 0 spiro atoms. The minimum atomic E-state index is -0.161. The van der Waals surface area contributed by atoms with E-state index in [-0.39, 0.29) is 23.4 Å². The van der Waals surface area contributed by atoms with Crippen molar-refractivity contribution in [1.82, 2.24) is 16.0 Å². The summed E-state index contributed by atoms with van der Waals surface area (Å²) in [4.78, 5) is 23.1. The number of carbonyl (C=O) groups is 2. The Morgan fingerprint density at radius 2 is 2.10 bits per heavy atom. The molecule has 1 saturated heterocycles. The number of hydrogen-bond acceptors (Lipinski definition) is 3. The van der Waals surface area contributed by atoms with Gasteiger partial charge in [-0.2, -0.15) is 0 Å². The van der Waals surface area contributed by atoms with Crippen LogP contribution < -0.4 is 16.0 Å². The topological polar surface area (TPSA) is 70.2 Å². The highest BCUT2D eigenvalue weighted by molar-refractivity contribution is 8.00. The van der Waals surface area contributed by atoms with E-state index in [9.17, 15) is 9.59 Å². The third-order valence-electron chi connectivity index (χ3n) is 2.99. The van der Waals surface area contributed by atoms with Crippen molar-refractivity contribution in [2.24, 2.45) is 0 Å². The Bertz CT molecular complexity index is 467. The molecule has 0 bridgehead atoms. The maximum atomic E-state index is 11.8. The number of benzene rings is 1. The van der Waals surface area contributed by atoms with Gasteiger partial charge in [-0.25, -0.2) is 4.79 Å². The van der Waals surface area contributed by atoms with Gasteiger partial charge in [-0.15, -0.1) is 11.8 Å². The van der Waals surface area contributed by atoms with E-state index in [4.69, 9.17) is 0 Å². The van der Waals surface area contributed by atoms with Crippen LogP contribution in [0, 0.1) is 0 Å². The zero-order chi connectivity index (χ0) is 14.4. The minimum Gasteiger partial charge on any atom is -0.351 e. The number of urea groups is 1. The van der Waals surface area contributed by atoms with Gasteiger partial charge in [0.1, 0.15) is 0 Å². The first-order valence-corrected chi connectivity index (χ1v) is 7.67. The van der Waals surface area contributed by atoms with E-state index in [0.29, 0.717) is 12.3 Å². The van der Waals surface area contributed by atoms with Crippen molar-refractivity contribution < 1.29 is 9.59 Å². The van der Waals surface area contributed by atoms with Crippen molar-refractivity contribution in [1.29, 1.82) is 0 Å². The Balaban J connectivity index is 1.68. The average Bonchev–Trinajstić information content (AvgIpc) is 2.43. The van der Waals surface area contributed by atoms with Gasteiger partial charge in [0, 0.05) is 12.6 Å². The molecule has 0 saturated carbocycles. The van der Waals surface area contributed by atoms with Crippen molar-refractivity contribution >= 4 is 23.7 Å². The summed E-state index contributed by atoms with van der Waals surface area (Å²) >= 11 is 1.46. The number of nitrogens with one attached hydrogen (secondary N) is 3. The SMILES string of the molecule is CC1CC(SCC(=O)NCc2ccccc2)NC(=O)N1. The summed E-state index contributed by atoms with van der Waals surface area (Å²) < 4.78 is 0. The van der Waals surface area contributed by atoms with Gasteiger partial charge in [-0.05, 0) is 18.9 Å². The highest BCUT2D eigenvalue weighted by Gasteiger charge is 2.23. The molecule has 1 heterocycles. The summed E-state index contributed by atoms with van der Waals surface area (Å²) in [5.74, 6) is 0.337. The fraction of sp³-hybridized carbons (Fsp3) is 0.429. The maximum Gasteiger partial charge on any atom is 0.315 e. The van der Waals surface area contributed by atoms with Crippen molar-refractivity contribution in [3.05, 3.63) is 35.9 Å². The van der Waals surface area contributed by atoms with Crippen molar-refractivity contribution in [3.8, 4) is 0 Å². The monoisotopic (exact) mass is 293 g/mol. The Kier molecular flexibility index (Phi) is 5.29. The van der Waals surface area contributed by atoms with Crippen molar-refractivity contribution in [3.63, 3.8) is 0 Å². The molecule has 3 N–H and O–H groups in total. The molecular formula is C14H19N3O2S. The highest BCUT2D eigenvalue weighted by atomic mass is 32.2. The second kappa shape index (κ2) is 7.19. The Hall–Kier alpha value is -1.69. The lowest BCUT2D eigenvalue weighted by Crippen LogP contribution is -2.52. The molecule has 5 nitrogen and oxygen atoms in total. The van der Waals surface area contributed by atoms with Crippen LogP contribution in [0.1, 0.15) is 18.9 Å². The fourth-order valence-electron chi connectivity index (χ4n) is 1.98. The zero-order valence-corrected chi connectivity index (χ0v) is 12.2. The van der Waals surface area contributed by atoms with E-state index in [1.807, 2.05) is 37.3 Å². The molecule has 1 aliphatic rings. The Morgan fingerprint density at radius 3 is 2.80 bits per heavy atom. The lowest BCUT2D eigenvalue weighted by atomic mass is 10.2. The quantitative estimate of drug-likeness (QED) is 0.769. The van der Waals surface area contributed by atoms with Crippen LogP contribution in [-0.4, -0.2) is 29.1 Å².